The molecule has 0 bridgehead atoms. The lowest BCUT2D eigenvalue weighted by molar-refractivity contribution is -0.142. The van der Waals surface area contributed by atoms with Crippen LogP contribution in [0.4, 0.5) is 10.5 Å². The number of esters is 1. The number of nitrogens with two attached hydrogens (primary N) is 1. The fraction of sp³-hybridized carbons (Fsp3) is 0.526. The number of anilines is 1. The fourth-order valence-electron chi connectivity index (χ4n) is 3.54. The molecule has 3 rings (SSSR count). The highest BCUT2D eigenvalue weighted by atomic mass is 32.2. The molecule has 2 saturated heterocycles. The highest BCUT2D eigenvalue weighted by Gasteiger charge is 2.34. The Labute approximate surface area is 181 Å². The van der Waals surface area contributed by atoms with E-state index in [1.165, 1.54) is 12.0 Å². The Morgan fingerprint density at radius 1 is 1.19 bits per heavy atom. The number of nitrogens with zero attached hydrogens (tertiary/aromatic N) is 4. The van der Waals surface area contributed by atoms with Crippen LogP contribution in [-0.2, 0) is 24.3 Å². The van der Waals surface area contributed by atoms with Crippen LogP contribution in [-0.4, -0.2) is 101 Å². The molecule has 170 valence electrons. The zero-order valence-corrected chi connectivity index (χ0v) is 18.4. The number of amidine groups is 1. The number of amides is 1. The first-order chi connectivity index (χ1) is 14.6. The molecule has 2 fully saturated rings. The smallest absolute Gasteiger partial charge is 0.414 e. The second-order valence-electron chi connectivity index (χ2n) is 7.53. The summed E-state index contributed by atoms with van der Waals surface area (Å²) in [5, 5.41) is 0. The Bertz CT molecular complexity index is 941. The molecule has 31 heavy (non-hydrogen) atoms. The van der Waals surface area contributed by atoms with Gasteiger partial charge in [0.25, 0.3) is 10.0 Å². The number of ether oxygens (including phenoxy) is 2. The van der Waals surface area contributed by atoms with Crippen molar-refractivity contribution in [3.63, 3.8) is 0 Å². The summed E-state index contributed by atoms with van der Waals surface area (Å²) >= 11 is 0. The summed E-state index contributed by atoms with van der Waals surface area (Å²) < 4.78 is 36.2. The molecule has 12 heteroatoms. The van der Waals surface area contributed by atoms with Crippen molar-refractivity contribution >= 4 is 33.6 Å². The molecule has 1 unspecified atom stereocenters. The van der Waals surface area contributed by atoms with Gasteiger partial charge >= 0.3 is 12.1 Å². The van der Waals surface area contributed by atoms with Crippen LogP contribution in [0, 0.1) is 0 Å². The van der Waals surface area contributed by atoms with Gasteiger partial charge in [0.1, 0.15) is 11.9 Å². The SMILES string of the molecule is COC(=O)CN1CCN(CC2CN(c3ccc(/C(N)=N\S(C)(=O)=O)cc3)C(=O)O2)CC1. The normalized spacial score (nSPS) is 21.2. The maximum atomic E-state index is 12.3. The number of cyclic esters (lactones) is 1. The van der Waals surface area contributed by atoms with Crippen molar-refractivity contribution in [2.75, 3.05) is 64.1 Å². The fourth-order valence-corrected chi connectivity index (χ4v) is 4.00. The topological polar surface area (TPSA) is 135 Å². The summed E-state index contributed by atoms with van der Waals surface area (Å²) in [5.41, 5.74) is 6.79. The van der Waals surface area contributed by atoms with Gasteiger partial charge in [0.15, 0.2) is 0 Å². The highest BCUT2D eigenvalue weighted by Crippen LogP contribution is 2.23. The molecule has 0 aromatic heterocycles. The quantitative estimate of drug-likeness (QED) is 0.328. The minimum absolute atomic E-state index is 0.109. The van der Waals surface area contributed by atoms with Crippen LogP contribution in [0.15, 0.2) is 28.7 Å². The molecule has 2 N–H and O–H groups in total. The van der Waals surface area contributed by atoms with Gasteiger partial charge in [-0.25, -0.2) is 13.2 Å². The average Bonchev–Trinajstić information content (AvgIpc) is 3.08. The van der Waals surface area contributed by atoms with Crippen LogP contribution >= 0.6 is 0 Å². The summed E-state index contributed by atoms with van der Waals surface area (Å²) in [4.78, 5) is 29.5. The predicted molar refractivity (Wildman–Crippen MR) is 115 cm³/mol. The molecule has 2 aliphatic rings. The van der Waals surface area contributed by atoms with Gasteiger partial charge < -0.3 is 15.2 Å². The van der Waals surface area contributed by atoms with Crippen LogP contribution in [0.25, 0.3) is 0 Å². The Balaban J connectivity index is 1.54. The Kier molecular flexibility index (Phi) is 7.13. The van der Waals surface area contributed by atoms with E-state index in [0.29, 0.717) is 24.3 Å². The lowest BCUT2D eigenvalue weighted by Gasteiger charge is -2.34. The largest absolute Gasteiger partial charge is 0.468 e. The molecule has 11 nitrogen and oxygen atoms in total. The van der Waals surface area contributed by atoms with Crippen LogP contribution in [0.2, 0.25) is 0 Å². The van der Waals surface area contributed by atoms with Crippen molar-refractivity contribution < 1.29 is 27.5 Å². The summed E-state index contributed by atoms with van der Waals surface area (Å²) in [7, 11) is -2.21. The maximum absolute atomic E-state index is 12.3. The number of rotatable bonds is 7. The van der Waals surface area contributed by atoms with E-state index in [2.05, 4.69) is 9.30 Å². The van der Waals surface area contributed by atoms with Crippen LogP contribution in [0.3, 0.4) is 0 Å². The number of carbonyl (C=O) groups is 2. The van der Waals surface area contributed by atoms with Crippen molar-refractivity contribution in [3.05, 3.63) is 29.8 Å². The number of hydrogen-bond donors (Lipinski definition) is 1. The number of sulfonamides is 1. The van der Waals surface area contributed by atoms with E-state index in [1.807, 2.05) is 4.90 Å². The van der Waals surface area contributed by atoms with Crippen LogP contribution < -0.4 is 10.6 Å². The average molecular weight is 454 g/mol. The Hall–Kier alpha value is -2.70. The minimum atomic E-state index is -3.59. The third-order valence-electron chi connectivity index (χ3n) is 5.12. The first-order valence-corrected chi connectivity index (χ1v) is 11.6. The monoisotopic (exact) mass is 453 g/mol. The van der Waals surface area contributed by atoms with E-state index in [4.69, 9.17) is 15.2 Å². The van der Waals surface area contributed by atoms with Gasteiger partial charge in [-0.3, -0.25) is 19.5 Å². The zero-order valence-electron chi connectivity index (χ0n) is 17.6. The second-order valence-corrected chi connectivity index (χ2v) is 9.17. The van der Waals surface area contributed by atoms with E-state index < -0.39 is 16.1 Å². The molecule has 0 radical (unpaired) electrons. The molecule has 1 aromatic rings. The van der Waals surface area contributed by atoms with Gasteiger partial charge in [-0.2, -0.15) is 0 Å². The van der Waals surface area contributed by atoms with E-state index in [9.17, 15) is 18.0 Å². The van der Waals surface area contributed by atoms with Crippen molar-refractivity contribution in [3.8, 4) is 0 Å². The van der Waals surface area contributed by atoms with E-state index in [0.717, 1.165) is 32.4 Å². The summed E-state index contributed by atoms with van der Waals surface area (Å²) in [5.74, 6) is -0.355. The first kappa shape index (κ1) is 23.0. The summed E-state index contributed by atoms with van der Waals surface area (Å²) in [6, 6.07) is 6.57. The van der Waals surface area contributed by atoms with Gasteiger partial charge in [0.05, 0.1) is 26.5 Å². The molecule has 2 heterocycles. The van der Waals surface area contributed by atoms with Crippen molar-refractivity contribution in [2.45, 2.75) is 6.10 Å². The van der Waals surface area contributed by atoms with E-state index in [-0.39, 0.29) is 24.5 Å². The first-order valence-electron chi connectivity index (χ1n) is 9.80. The lowest BCUT2D eigenvalue weighted by atomic mass is 10.2. The number of benzene rings is 1. The van der Waals surface area contributed by atoms with Crippen molar-refractivity contribution in [1.29, 1.82) is 0 Å². The van der Waals surface area contributed by atoms with Crippen LogP contribution in [0.5, 0.6) is 0 Å². The summed E-state index contributed by atoms with van der Waals surface area (Å²) in [6.45, 7) is 4.35. The Morgan fingerprint density at radius 3 is 2.39 bits per heavy atom. The second kappa shape index (κ2) is 9.62. The number of carbonyl (C=O) groups excluding carboxylic acids is 2. The van der Waals surface area contributed by atoms with Crippen molar-refractivity contribution in [1.82, 2.24) is 9.80 Å². The standard InChI is InChI=1S/C19H27N5O6S/c1-29-17(25)13-23-9-7-22(8-10-23)11-16-12-24(19(26)30-16)15-5-3-14(4-6-15)18(20)21-31(2,27)28/h3-6,16H,7-13H2,1-2H3,(H2,20,21). The molecule has 2 aliphatic heterocycles. The molecular formula is C19H27N5O6S. The van der Waals surface area contributed by atoms with Crippen molar-refractivity contribution in [2.24, 2.45) is 10.1 Å². The van der Waals surface area contributed by atoms with E-state index in [1.54, 1.807) is 24.3 Å². The summed E-state index contributed by atoms with van der Waals surface area (Å²) in [6.07, 6.45) is 0.268. The molecule has 1 amide bonds. The zero-order chi connectivity index (χ0) is 22.6. The molecule has 0 spiro atoms. The van der Waals surface area contributed by atoms with Gasteiger partial charge in [-0.15, -0.1) is 4.40 Å². The predicted octanol–water partition coefficient (Wildman–Crippen LogP) is -0.533. The molecule has 0 saturated carbocycles. The van der Waals surface area contributed by atoms with Gasteiger partial charge in [0, 0.05) is 44.0 Å². The van der Waals surface area contributed by atoms with Gasteiger partial charge in [-0.1, -0.05) is 0 Å². The third-order valence-corrected chi connectivity index (χ3v) is 5.65. The number of hydrogen-bond acceptors (Lipinski definition) is 8. The highest BCUT2D eigenvalue weighted by molar-refractivity contribution is 7.89. The Morgan fingerprint density at radius 2 is 1.81 bits per heavy atom. The number of methoxy groups -OCH3 is 1. The minimum Gasteiger partial charge on any atom is -0.468 e. The number of piperazine rings is 1. The molecular weight excluding hydrogens is 426 g/mol. The molecule has 1 atom stereocenters. The lowest BCUT2D eigenvalue weighted by Crippen LogP contribution is -2.50. The van der Waals surface area contributed by atoms with Crippen LogP contribution in [0.1, 0.15) is 5.56 Å². The van der Waals surface area contributed by atoms with E-state index >= 15 is 0 Å². The van der Waals surface area contributed by atoms with Gasteiger partial charge in [0.2, 0.25) is 0 Å². The molecule has 0 aliphatic carbocycles. The third kappa shape index (κ3) is 6.39. The maximum Gasteiger partial charge on any atom is 0.414 e. The van der Waals surface area contributed by atoms with Gasteiger partial charge in [-0.05, 0) is 24.3 Å². The molecule has 1 aromatic carbocycles.